The van der Waals surface area contributed by atoms with E-state index in [2.05, 4.69) is 51.9 Å². The van der Waals surface area contributed by atoms with Crippen LogP contribution in [0.15, 0.2) is 0 Å². The van der Waals surface area contributed by atoms with Crippen molar-refractivity contribution in [1.29, 1.82) is 0 Å². The molecule has 0 aliphatic heterocycles. The monoisotopic (exact) mass is 200 g/mol. The van der Waals surface area contributed by atoms with Crippen LogP contribution >= 0.6 is 0 Å². The van der Waals surface area contributed by atoms with Gasteiger partial charge in [0.05, 0.1) is 0 Å². The molecule has 86 valence electrons. The van der Waals surface area contributed by atoms with E-state index in [9.17, 15) is 0 Å². The molecule has 0 radical (unpaired) electrons. The molecule has 3 atom stereocenters. The highest BCUT2D eigenvalue weighted by atomic mass is 15.2. The highest BCUT2D eigenvalue weighted by Gasteiger charge is 2.20. The van der Waals surface area contributed by atoms with Gasteiger partial charge in [0.1, 0.15) is 0 Å². The molecule has 3 unspecified atom stereocenters. The highest BCUT2D eigenvalue weighted by molar-refractivity contribution is 4.78. The Morgan fingerprint density at radius 1 is 1.07 bits per heavy atom. The number of nitrogens with one attached hydrogen (secondary N) is 1. The van der Waals surface area contributed by atoms with Crippen LogP contribution in [0, 0.1) is 5.92 Å². The summed E-state index contributed by atoms with van der Waals surface area (Å²) in [6.07, 6.45) is 1.28. The SMILES string of the molecule is CNC(C)C(C)N(C)C(C)CC(C)C. The molecule has 0 amide bonds. The lowest BCUT2D eigenvalue weighted by molar-refractivity contribution is 0.150. The van der Waals surface area contributed by atoms with Gasteiger partial charge < -0.3 is 5.32 Å². The highest BCUT2D eigenvalue weighted by Crippen LogP contribution is 2.13. The summed E-state index contributed by atoms with van der Waals surface area (Å²) in [4.78, 5) is 2.47. The van der Waals surface area contributed by atoms with Gasteiger partial charge in [-0.25, -0.2) is 0 Å². The van der Waals surface area contributed by atoms with Crippen LogP contribution < -0.4 is 5.32 Å². The van der Waals surface area contributed by atoms with Gasteiger partial charge in [0, 0.05) is 18.1 Å². The van der Waals surface area contributed by atoms with E-state index in [0.717, 1.165) is 5.92 Å². The molecule has 0 bridgehead atoms. The standard InChI is InChI=1S/C12H28N2/c1-9(2)8-10(3)14(7)12(5)11(4)13-6/h9-13H,8H2,1-7H3. The van der Waals surface area contributed by atoms with Crippen molar-refractivity contribution in [1.82, 2.24) is 10.2 Å². The number of likely N-dealkylation sites (N-methyl/N-ethyl adjacent to an activating group) is 2. The average Bonchev–Trinajstić information content (AvgIpc) is 2.13. The Bertz CT molecular complexity index is 145. The van der Waals surface area contributed by atoms with Crippen LogP contribution in [0.2, 0.25) is 0 Å². The van der Waals surface area contributed by atoms with Gasteiger partial charge in [-0.1, -0.05) is 13.8 Å². The van der Waals surface area contributed by atoms with Gasteiger partial charge in [-0.3, -0.25) is 4.90 Å². The predicted molar refractivity (Wildman–Crippen MR) is 64.7 cm³/mol. The Labute approximate surface area is 90.1 Å². The maximum absolute atomic E-state index is 3.31. The fourth-order valence-corrected chi connectivity index (χ4v) is 1.84. The van der Waals surface area contributed by atoms with E-state index in [4.69, 9.17) is 0 Å². The Balaban J connectivity index is 4.09. The van der Waals surface area contributed by atoms with Crippen LogP contribution in [0.4, 0.5) is 0 Å². The lowest BCUT2D eigenvalue weighted by Gasteiger charge is -2.35. The van der Waals surface area contributed by atoms with Crippen LogP contribution in [-0.4, -0.2) is 37.1 Å². The van der Waals surface area contributed by atoms with Crippen molar-refractivity contribution < 1.29 is 0 Å². The maximum Gasteiger partial charge on any atom is 0.0218 e. The largest absolute Gasteiger partial charge is 0.316 e. The van der Waals surface area contributed by atoms with Crippen LogP contribution in [0.25, 0.3) is 0 Å². The van der Waals surface area contributed by atoms with Crippen molar-refractivity contribution in [3.05, 3.63) is 0 Å². The lowest BCUT2D eigenvalue weighted by atomic mass is 10.0. The molecule has 0 saturated heterocycles. The minimum atomic E-state index is 0.551. The second-order valence-electron chi connectivity index (χ2n) is 4.96. The molecule has 0 aliphatic rings. The molecule has 2 nitrogen and oxygen atoms in total. The first kappa shape index (κ1) is 13.9. The second kappa shape index (κ2) is 6.41. The van der Waals surface area contributed by atoms with Gasteiger partial charge in [0.2, 0.25) is 0 Å². The first-order valence-electron chi connectivity index (χ1n) is 5.79. The summed E-state index contributed by atoms with van der Waals surface area (Å²) < 4.78 is 0. The third kappa shape index (κ3) is 4.43. The van der Waals surface area contributed by atoms with E-state index in [1.54, 1.807) is 0 Å². The van der Waals surface area contributed by atoms with Crippen molar-refractivity contribution in [2.75, 3.05) is 14.1 Å². The zero-order valence-electron chi connectivity index (χ0n) is 11.0. The molecular formula is C12H28N2. The van der Waals surface area contributed by atoms with Gasteiger partial charge in [0.25, 0.3) is 0 Å². The molecule has 2 heteroatoms. The summed E-state index contributed by atoms with van der Waals surface area (Å²) in [6, 6.07) is 1.81. The van der Waals surface area contributed by atoms with Crippen molar-refractivity contribution in [2.24, 2.45) is 5.92 Å². The first-order chi connectivity index (χ1) is 6.40. The number of rotatable bonds is 6. The Kier molecular flexibility index (Phi) is 6.38. The summed E-state index contributed by atoms with van der Waals surface area (Å²) >= 11 is 0. The molecule has 0 rings (SSSR count). The Morgan fingerprint density at radius 3 is 1.93 bits per heavy atom. The van der Waals surface area contributed by atoms with Gasteiger partial charge in [-0.05, 0) is 47.2 Å². The van der Waals surface area contributed by atoms with E-state index in [0.29, 0.717) is 18.1 Å². The molecule has 14 heavy (non-hydrogen) atoms. The maximum atomic E-state index is 3.31. The van der Waals surface area contributed by atoms with E-state index >= 15 is 0 Å². The molecule has 0 fully saturated rings. The van der Waals surface area contributed by atoms with Crippen LogP contribution in [-0.2, 0) is 0 Å². The van der Waals surface area contributed by atoms with Crippen molar-refractivity contribution in [3.63, 3.8) is 0 Å². The smallest absolute Gasteiger partial charge is 0.0218 e. The fourth-order valence-electron chi connectivity index (χ4n) is 1.84. The second-order valence-corrected chi connectivity index (χ2v) is 4.96. The zero-order chi connectivity index (χ0) is 11.3. The molecule has 0 aromatic rings. The number of nitrogens with zero attached hydrogens (tertiary/aromatic N) is 1. The normalized spacial score (nSPS) is 18.6. The minimum absolute atomic E-state index is 0.551. The molecule has 0 heterocycles. The first-order valence-corrected chi connectivity index (χ1v) is 5.79. The van der Waals surface area contributed by atoms with Crippen molar-refractivity contribution >= 4 is 0 Å². The van der Waals surface area contributed by atoms with Crippen LogP contribution in [0.5, 0.6) is 0 Å². The average molecular weight is 200 g/mol. The van der Waals surface area contributed by atoms with Crippen LogP contribution in [0.3, 0.4) is 0 Å². The van der Waals surface area contributed by atoms with Crippen molar-refractivity contribution in [3.8, 4) is 0 Å². The van der Waals surface area contributed by atoms with E-state index in [1.807, 2.05) is 7.05 Å². The Hall–Kier alpha value is -0.0800. The van der Waals surface area contributed by atoms with Crippen molar-refractivity contribution in [2.45, 2.75) is 59.2 Å². The fraction of sp³-hybridized carbons (Fsp3) is 1.00. The molecule has 0 aliphatic carbocycles. The molecule has 0 aromatic heterocycles. The van der Waals surface area contributed by atoms with Crippen LogP contribution in [0.1, 0.15) is 41.0 Å². The van der Waals surface area contributed by atoms with E-state index in [-0.39, 0.29) is 0 Å². The van der Waals surface area contributed by atoms with Gasteiger partial charge >= 0.3 is 0 Å². The van der Waals surface area contributed by atoms with Gasteiger partial charge in [0.15, 0.2) is 0 Å². The third-order valence-electron chi connectivity index (χ3n) is 3.33. The quantitative estimate of drug-likeness (QED) is 0.708. The minimum Gasteiger partial charge on any atom is -0.316 e. The molecule has 0 saturated carbocycles. The third-order valence-corrected chi connectivity index (χ3v) is 3.33. The Morgan fingerprint density at radius 2 is 1.57 bits per heavy atom. The van der Waals surface area contributed by atoms with Gasteiger partial charge in [-0.2, -0.15) is 0 Å². The summed E-state index contributed by atoms with van der Waals surface area (Å²) in [5, 5.41) is 3.31. The lowest BCUT2D eigenvalue weighted by Crippen LogP contribution is -2.47. The summed E-state index contributed by atoms with van der Waals surface area (Å²) in [5.74, 6) is 0.782. The molecular weight excluding hydrogens is 172 g/mol. The summed E-state index contributed by atoms with van der Waals surface area (Å²) in [7, 11) is 4.26. The molecule has 0 spiro atoms. The molecule has 0 aromatic carbocycles. The summed E-state index contributed by atoms with van der Waals surface area (Å²) in [6.45, 7) is 11.4. The predicted octanol–water partition coefficient (Wildman–Crippen LogP) is 2.35. The van der Waals surface area contributed by atoms with E-state index in [1.165, 1.54) is 6.42 Å². The van der Waals surface area contributed by atoms with Gasteiger partial charge in [-0.15, -0.1) is 0 Å². The molecule has 1 N–H and O–H groups in total. The van der Waals surface area contributed by atoms with E-state index < -0.39 is 0 Å². The zero-order valence-corrected chi connectivity index (χ0v) is 11.0. The number of hydrogen-bond donors (Lipinski definition) is 1. The summed E-state index contributed by atoms with van der Waals surface area (Å²) in [5.41, 5.74) is 0. The number of hydrogen-bond acceptors (Lipinski definition) is 2. The topological polar surface area (TPSA) is 15.3 Å².